The highest BCUT2D eigenvalue weighted by Crippen LogP contribution is 2.17. The number of β-amino-alcohol motifs (C(OH)–C–C–N with tert-alkyl or cyclic N) is 1. The van der Waals surface area contributed by atoms with E-state index in [2.05, 4.69) is 15.4 Å². The molecule has 0 aromatic carbocycles. The zero-order chi connectivity index (χ0) is 14.7. The molecule has 0 bridgehead atoms. The molecule has 1 aliphatic rings. The topological polar surface area (TPSA) is 121 Å². The Morgan fingerprint density at radius 2 is 2.30 bits per heavy atom. The molecule has 0 spiro atoms. The van der Waals surface area contributed by atoms with Crippen LogP contribution < -0.4 is 5.32 Å². The molecule has 20 heavy (non-hydrogen) atoms. The molecule has 1 saturated heterocycles. The number of amides is 2. The number of likely N-dealkylation sites (tertiary alicyclic amines) is 1. The number of urea groups is 1. The van der Waals surface area contributed by atoms with Crippen LogP contribution in [0.25, 0.3) is 0 Å². The van der Waals surface area contributed by atoms with Gasteiger partial charge in [0.25, 0.3) is 0 Å². The lowest BCUT2D eigenvalue weighted by molar-refractivity contribution is -0.141. The van der Waals surface area contributed by atoms with Gasteiger partial charge in [-0.1, -0.05) is 0 Å². The van der Waals surface area contributed by atoms with Gasteiger partial charge >= 0.3 is 12.0 Å². The second kappa shape index (κ2) is 5.87. The fraction of sp³-hybridized carbons (Fsp3) is 0.636. The molecule has 9 heteroatoms. The van der Waals surface area contributed by atoms with E-state index in [1.165, 1.54) is 0 Å². The van der Waals surface area contributed by atoms with Gasteiger partial charge in [-0.25, -0.2) is 14.6 Å². The van der Waals surface area contributed by atoms with E-state index in [-0.39, 0.29) is 13.0 Å². The van der Waals surface area contributed by atoms with Crippen LogP contribution >= 0.6 is 0 Å². The number of hydrogen-bond acceptors (Lipinski definition) is 5. The Bertz CT molecular complexity index is 503. The van der Waals surface area contributed by atoms with E-state index in [9.17, 15) is 14.7 Å². The van der Waals surface area contributed by atoms with Crippen molar-refractivity contribution in [2.24, 2.45) is 7.05 Å². The van der Waals surface area contributed by atoms with Gasteiger partial charge in [-0.2, -0.15) is 5.10 Å². The van der Waals surface area contributed by atoms with E-state index >= 15 is 0 Å². The van der Waals surface area contributed by atoms with Crippen LogP contribution in [0, 0.1) is 0 Å². The Hall–Kier alpha value is -2.16. The van der Waals surface area contributed by atoms with Crippen molar-refractivity contribution in [3.05, 3.63) is 12.2 Å². The summed E-state index contributed by atoms with van der Waals surface area (Å²) in [5.41, 5.74) is 0. The summed E-state index contributed by atoms with van der Waals surface area (Å²) in [4.78, 5) is 28.1. The Balaban J connectivity index is 1.83. The van der Waals surface area contributed by atoms with E-state index in [0.717, 1.165) is 4.90 Å². The van der Waals surface area contributed by atoms with Crippen LogP contribution in [-0.2, 0) is 18.3 Å². The fourth-order valence-electron chi connectivity index (χ4n) is 2.15. The molecule has 2 rings (SSSR count). The molecular formula is C11H17N5O4. The highest BCUT2D eigenvalue weighted by Gasteiger charge is 2.38. The average molecular weight is 283 g/mol. The molecule has 0 saturated carbocycles. The fourth-order valence-corrected chi connectivity index (χ4v) is 2.15. The third kappa shape index (κ3) is 3.23. The standard InChI is InChI=1S/C11H17N5O4/c1-15-6-13-9(14-15)2-3-12-11(20)16-5-7(17)4-8(16)10(18)19/h6-8,17H,2-5H2,1H3,(H,12,20)(H,18,19). The summed E-state index contributed by atoms with van der Waals surface area (Å²) in [7, 11) is 1.75. The Morgan fingerprint density at radius 1 is 1.55 bits per heavy atom. The highest BCUT2D eigenvalue weighted by atomic mass is 16.4. The van der Waals surface area contributed by atoms with Crippen LogP contribution in [0.2, 0.25) is 0 Å². The van der Waals surface area contributed by atoms with E-state index in [4.69, 9.17) is 5.11 Å². The van der Waals surface area contributed by atoms with Crippen LogP contribution in [-0.4, -0.2) is 67.1 Å². The number of carboxylic acid groups (broad SMARTS) is 1. The molecule has 0 aliphatic carbocycles. The maximum Gasteiger partial charge on any atom is 0.326 e. The summed E-state index contributed by atoms with van der Waals surface area (Å²) in [5, 5.41) is 25.1. The maximum absolute atomic E-state index is 11.9. The second-order valence-corrected chi connectivity index (χ2v) is 4.71. The first-order valence-electron chi connectivity index (χ1n) is 6.27. The minimum Gasteiger partial charge on any atom is -0.480 e. The van der Waals surface area contributed by atoms with Gasteiger partial charge in [-0.15, -0.1) is 0 Å². The number of hydrogen-bond donors (Lipinski definition) is 3. The van der Waals surface area contributed by atoms with Crippen molar-refractivity contribution in [3.8, 4) is 0 Å². The summed E-state index contributed by atoms with van der Waals surface area (Å²) in [6.07, 6.45) is 1.29. The molecule has 1 aromatic heterocycles. The minimum absolute atomic E-state index is 0.0324. The quantitative estimate of drug-likeness (QED) is 0.624. The maximum atomic E-state index is 11.9. The van der Waals surface area contributed by atoms with Crippen molar-refractivity contribution < 1.29 is 19.8 Å². The van der Waals surface area contributed by atoms with Gasteiger partial charge in [0, 0.05) is 33.0 Å². The van der Waals surface area contributed by atoms with Crippen LogP contribution in [0.5, 0.6) is 0 Å². The summed E-state index contributed by atoms with van der Waals surface area (Å²) >= 11 is 0. The first-order valence-corrected chi connectivity index (χ1v) is 6.27. The number of aliphatic hydroxyl groups is 1. The highest BCUT2D eigenvalue weighted by molar-refractivity contribution is 5.83. The van der Waals surface area contributed by atoms with Gasteiger partial charge in [-0.3, -0.25) is 4.68 Å². The van der Waals surface area contributed by atoms with E-state index in [0.29, 0.717) is 18.8 Å². The second-order valence-electron chi connectivity index (χ2n) is 4.71. The predicted molar refractivity (Wildman–Crippen MR) is 66.9 cm³/mol. The lowest BCUT2D eigenvalue weighted by Crippen LogP contribution is -2.46. The Labute approximate surface area is 115 Å². The normalized spacial score (nSPS) is 22.0. The molecule has 2 atom stereocenters. The van der Waals surface area contributed by atoms with Crippen molar-refractivity contribution in [2.75, 3.05) is 13.1 Å². The monoisotopic (exact) mass is 283 g/mol. The van der Waals surface area contributed by atoms with Crippen molar-refractivity contribution in [3.63, 3.8) is 0 Å². The number of aryl methyl sites for hydroxylation is 1. The van der Waals surface area contributed by atoms with Gasteiger partial charge in [0.05, 0.1) is 6.10 Å². The Kier molecular flexibility index (Phi) is 4.18. The lowest BCUT2D eigenvalue weighted by atomic mass is 10.2. The van der Waals surface area contributed by atoms with Crippen molar-refractivity contribution in [1.29, 1.82) is 0 Å². The zero-order valence-electron chi connectivity index (χ0n) is 11.1. The largest absolute Gasteiger partial charge is 0.480 e. The van der Waals surface area contributed by atoms with Gasteiger partial charge in [0.15, 0.2) is 5.82 Å². The molecule has 2 unspecified atom stereocenters. The number of carboxylic acids is 1. The zero-order valence-corrected chi connectivity index (χ0v) is 11.1. The molecule has 0 radical (unpaired) electrons. The van der Waals surface area contributed by atoms with E-state index in [1.54, 1.807) is 18.1 Å². The molecular weight excluding hydrogens is 266 g/mol. The van der Waals surface area contributed by atoms with Crippen LogP contribution in [0.1, 0.15) is 12.2 Å². The molecule has 2 amide bonds. The van der Waals surface area contributed by atoms with Crippen LogP contribution in [0.15, 0.2) is 6.33 Å². The number of aliphatic hydroxyl groups excluding tert-OH is 1. The van der Waals surface area contributed by atoms with E-state index < -0.39 is 24.1 Å². The smallest absolute Gasteiger partial charge is 0.326 e. The van der Waals surface area contributed by atoms with E-state index in [1.807, 2.05) is 0 Å². The number of nitrogens with zero attached hydrogens (tertiary/aromatic N) is 4. The van der Waals surface area contributed by atoms with Gasteiger partial charge in [0.2, 0.25) is 0 Å². The molecule has 3 N–H and O–H groups in total. The third-order valence-corrected chi connectivity index (χ3v) is 3.10. The number of carbonyl (C=O) groups excluding carboxylic acids is 1. The number of aliphatic carboxylic acids is 1. The average Bonchev–Trinajstić information content (AvgIpc) is 2.95. The number of rotatable bonds is 4. The molecule has 1 aliphatic heterocycles. The molecule has 2 heterocycles. The predicted octanol–water partition coefficient (Wildman–Crippen LogP) is -1.41. The lowest BCUT2D eigenvalue weighted by Gasteiger charge is -2.21. The van der Waals surface area contributed by atoms with Gasteiger partial charge < -0.3 is 20.4 Å². The SMILES string of the molecule is Cn1cnc(CCNC(=O)N2CC(O)CC2C(=O)O)n1. The molecule has 1 aromatic rings. The van der Waals surface area contributed by atoms with Gasteiger partial charge in [-0.05, 0) is 0 Å². The number of aromatic nitrogens is 3. The van der Waals surface area contributed by atoms with Crippen molar-refractivity contribution in [2.45, 2.75) is 25.0 Å². The summed E-state index contributed by atoms with van der Waals surface area (Å²) < 4.78 is 1.56. The van der Waals surface area contributed by atoms with Crippen molar-refractivity contribution in [1.82, 2.24) is 25.0 Å². The minimum atomic E-state index is -1.11. The summed E-state index contributed by atoms with van der Waals surface area (Å²) in [5.74, 6) is -0.507. The molecule has 9 nitrogen and oxygen atoms in total. The number of carbonyl (C=O) groups is 2. The summed E-state index contributed by atoms with van der Waals surface area (Å²) in [6, 6.07) is -1.47. The number of nitrogens with one attached hydrogen (secondary N) is 1. The van der Waals surface area contributed by atoms with Crippen LogP contribution in [0.4, 0.5) is 4.79 Å². The van der Waals surface area contributed by atoms with Crippen LogP contribution in [0.3, 0.4) is 0 Å². The molecule has 1 fully saturated rings. The first-order chi connectivity index (χ1) is 9.47. The third-order valence-electron chi connectivity index (χ3n) is 3.10. The Morgan fingerprint density at radius 3 is 2.90 bits per heavy atom. The summed E-state index contributed by atoms with van der Waals surface area (Å²) in [6.45, 7) is 0.340. The van der Waals surface area contributed by atoms with Crippen molar-refractivity contribution >= 4 is 12.0 Å². The molecule has 110 valence electrons. The first kappa shape index (κ1) is 14.3. The van der Waals surface area contributed by atoms with Gasteiger partial charge in [0.1, 0.15) is 12.4 Å².